The molecule has 0 aliphatic carbocycles. The quantitative estimate of drug-likeness (QED) is 0.171. The van der Waals surface area contributed by atoms with Gasteiger partial charge in [-0.25, -0.2) is 8.42 Å². The first-order valence-corrected chi connectivity index (χ1v) is 17.2. The molecule has 0 aliphatic heterocycles. The predicted molar refractivity (Wildman–Crippen MR) is 188 cm³/mol. The SMILES string of the molecule is COc1ccc(N(CC(=O)N(Cc2ccc(Cl)c(Cl)c2)C(Cc2ccccc2)C(=O)NC(C)(C)C)S(=O)(=O)c2ccc(C)cc2)cc1. The van der Waals surface area contributed by atoms with Crippen molar-refractivity contribution in [1.29, 1.82) is 0 Å². The van der Waals surface area contributed by atoms with E-state index in [-0.39, 0.29) is 34.5 Å². The largest absolute Gasteiger partial charge is 0.497 e. The summed E-state index contributed by atoms with van der Waals surface area (Å²) in [6.07, 6.45) is 0.184. The maximum absolute atomic E-state index is 14.6. The van der Waals surface area contributed by atoms with E-state index >= 15 is 0 Å². The van der Waals surface area contributed by atoms with E-state index in [2.05, 4.69) is 5.32 Å². The number of anilines is 1. The molecule has 2 amide bonds. The number of ether oxygens (including phenoxy) is 1. The summed E-state index contributed by atoms with van der Waals surface area (Å²) in [6.45, 7) is 6.81. The Morgan fingerprint density at radius 2 is 1.49 bits per heavy atom. The predicted octanol–water partition coefficient (Wildman–Crippen LogP) is 7.06. The maximum Gasteiger partial charge on any atom is 0.264 e. The minimum Gasteiger partial charge on any atom is -0.497 e. The monoisotopic (exact) mass is 695 g/mol. The van der Waals surface area contributed by atoms with Gasteiger partial charge in [-0.1, -0.05) is 77.3 Å². The molecule has 0 bridgehead atoms. The first-order chi connectivity index (χ1) is 22.2. The Morgan fingerprint density at radius 1 is 0.851 bits per heavy atom. The van der Waals surface area contributed by atoms with E-state index in [1.54, 1.807) is 54.6 Å². The van der Waals surface area contributed by atoms with Gasteiger partial charge in [-0.05, 0) is 87.4 Å². The van der Waals surface area contributed by atoms with Crippen LogP contribution in [-0.2, 0) is 32.6 Å². The van der Waals surface area contributed by atoms with Crippen LogP contribution in [0.1, 0.15) is 37.5 Å². The van der Waals surface area contributed by atoms with Crippen LogP contribution in [0.3, 0.4) is 0 Å². The second kappa shape index (κ2) is 15.2. The van der Waals surface area contributed by atoms with Crippen LogP contribution in [0.15, 0.2) is 102 Å². The molecule has 4 aromatic rings. The fourth-order valence-corrected chi connectivity index (χ4v) is 6.69. The number of carbonyl (C=O) groups is 2. The highest BCUT2D eigenvalue weighted by Gasteiger charge is 2.35. The van der Waals surface area contributed by atoms with Gasteiger partial charge < -0.3 is 15.0 Å². The van der Waals surface area contributed by atoms with Crippen LogP contribution in [-0.4, -0.2) is 50.4 Å². The Labute approximate surface area is 287 Å². The Morgan fingerprint density at radius 3 is 2.06 bits per heavy atom. The minimum absolute atomic E-state index is 0.0223. The van der Waals surface area contributed by atoms with Gasteiger partial charge >= 0.3 is 0 Å². The molecule has 47 heavy (non-hydrogen) atoms. The van der Waals surface area contributed by atoms with Crippen LogP contribution in [0.2, 0.25) is 10.0 Å². The summed E-state index contributed by atoms with van der Waals surface area (Å²) in [6, 6.07) is 26.1. The maximum atomic E-state index is 14.6. The zero-order chi connectivity index (χ0) is 34.4. The van der Waals surface area contributed by atoms with Crippen LogP contribution in [0.25, 0.3) is 0 Å². The van der Waals surface area contributed by atoms with Gasteiger partial charge in [0.05, 0.1) is 27.7 Å². The van der Waals surface area contributed by atoms with Crippen molar-refractivity contribution in [2.24, 2.45) is 0 Å². The lowest BCUT2D eigenvalue weighted by molar-refractivity contribution is -0.140. The van der Waals surface area contributed by atoms with E-state index in [9.17, 15) is 18.0 Å². The molecule has 0 spiro atoms. The minimum atomic E-state index is -4.23. The van der Waals surface area contributed by atoms with Crippen molar-refractivity contribution in [3.8, 4) is 5.75 Å². The van der Waals surface area contributed by atoms with Gasteiger partial charge in [0.2, 0.25) is 11.8 Å². The van der Waals surface area contributed by atoms with Crippen molar-refractivity contribution < 1.29 is 22.7 Å². The van der Waals surface area contributed by atoms with Gasteiger partial charge in [0.15, 0.2) is 0 Å². The molecule has 8 nitrogen and oxygen atoms in total. The lowest BCUT2D eigenvalue weighted by Crippen LogP contribution is -2.56. The average Bonchev–Trinajstić information content (AvgIpc) is 3.03. The molecular formula is C36H39Cl2N3O5S. The Balaban J connectivity index is 1.83. The van der Waals surface area contributed by atoms with Crippen molar-refractivity contribution in [3.63, 3.8) is 0 Å². The van der Waals surface area contributed by atoms with Gasteiger partial charge in [-0.2, -0.15) is 0 Å². The zero-order valence-electron chi connectivity index (χ0n) is 27.0. The molecule has 4 rings (SSSR count). The lowest BCUT2D eigenvalue weighted by atomic mass is 10.0. The van der Waals surface area contributed by atoms with Crippen LogP contribution in [0.4, 0.5) is 5.69 Å². The van der Waals surface area contributed by atoms with E-state index in [1.807, 2.05) is 58.0 Å². The molecule has 0 saturated carbocycles. The summed E-state index contributed by atoms with van der Waals surface area (Å²) in [5.74, 6) is -0.449. The van der Waals surface area contributed by atoms with E-state index in [0.29, 0.717) is 16.3 Å². The van der Waals surface area contributed by atoms with Gasteiger partial charge in [0.25, 0.3) is 10.0 Å². The second-order valence-electron chi connectivity index (χ2n) is 12.2. The number of benzene rings is 4. The smallest absolute Gasteiger partial charge is 0.264 e. The number of nitrogens with one attached hydrogen (secondary N) is 1. The van der Waals surface area contributed by atoms with Crippen LogP contribution < -0.4 is 14.4 Å². The fraction of sp³-hybridized carbons (Fsp3) is 0.278. The molecule has 248 valence electrons. The number of amides is 2. The number of carbonyl (C=O) groups excluding carboxylic acids is 2. The number of rotatable bonds is 12. The zero-order valence-corrected chi connectivity index (χ0v) is 29.4. The molecule has 1 unspecified atom stereocenters. The van der Waals surface area contributed by atoms with Crippen LogP contribution >= 0.6 is 23.2 Å². The van der Waals surface area contributed by atoms with Crippen molar-refractivity contribution in [2.45, 2.75) is 57.1 Å². The van der Waals surface area contributed by atoms with Gasteiger partial charge in [-0.3, -0.25) is 13.9 Å². The topological polar surface area (TPSA) is 96.0 Å². The van der Waals surface area contributed by atoms with Crippen molar-refractivity contribution in [2.75, 3.05) is 18.0 Å². The molecule has 0 heterocycles. The summed E-state index contributed by atoms with van der Waals surface area (Å²) in [5, 5.41) is 3.65. The lowest BCUT2D eigenvalue weighted by Gasteiger charge is -2.35. The van der Waals surface area contributed by atoms with Gasteiger partial charge in [0, 0.05) is 18.5 Å². The Kier molecular flexibility index (Phi) is 11.6. The van der Waals surface area contributed by atoms with Crippen LogP contribution in [0, 0.1) is 6.92 Å². The number of halogens is 2. The molecule has 0 aromatic heterocycles. The fourth-order valence-electron chi connectivity index (χ4n) is 4.96. The second-order valence-corrected chi connectivity index (χ2v) is 14.9. The van der Waals surface area contributed by atoms with E-state index in [0.717, 1.165) is 15.4 Å². The summed E-state index contributed by atoms with van der Waals surface area (Å²) in [4.78, 5) is 30.0. The number of aryl methyl sites for hydroxylation is 1. The van der Waals surface area contributed by atoms with Crippen LogP contribution in [0.5, 0.6) is 5.75 Å². The molecule has 0 aliphatic rings. The summed E-state index contributed by atoms with van der Waals surface area (Å²) < 4.78 is 34.7. The Hall–Kier alpha value is -4.05. The number of sulfonamides is 1. The van der Waals surface area contributed by atoms with E-state index < -0.39 is 34.1 Å². The van der Waals surface area contributed by atoms with Gasteiger partial charge in [0.1, 0.15) is 18.3 Å². The summed E-state index contributed by atoms with van der Waals surface area (Å²) in [7, 11) is -2.72. The number of hydrogen-bond donors (Lipinski definition) is 1. The Bertz CT molecular complexity index is 1790. The molecule has 4 aromatic carbocycles. The molecule has 11 heteroatoms. The third-order valence-electron chi connectivity index (χ3n) is 7.35. The first kappa shape index (κ1) is 35.8. The van der Waals surface area contributed by atoms with Crippen molar-refractivity contribution >= 4 is 50.7 Å². The molecule has 1 N–H and O–H groups in total. The third-order valence-corrected chi connectivity index (χ3v) is 9.88. The number of hydrogen-bond acceptors (Lipinski definition) is 5. The highest BCUT2D eigenvalue weighted by Crippen LogP contribution is 2.28. The average molecular weight is 697 g/mol. The third kappa shape index (κ3) is 9.50. The standard InChI is InChI=1S/C36H39Cl2N3O5S/c1-25-11-18-30(19-12-25)47(44,45)41(28-14-16-29(46-5)17-15-28)24-34(42)40(23-27-13-20-31(37)32(38)21-27)33(35(43)39-36(2,3)4)22-26-9-7-6-8-10-26/h6-21,33H,22-24H2,1-5H3,(H,39,43). The van der Waals surface area contributed by atoms with Gasteiger partial charge in [-0.15, -0.1) is 0 Å². The summed E-state index contributed by atoms with van der Waals surface area (Å²) >= 11 is 12.5. The molecule has 0 radical (unpaired) electrons. The van der Waals surface area contributed by atoms with Crippen molar-refractivity contribution in [1.82, 2.24) is 10.2 Å². The van der Waals surface area contributed by atoms with E-state index in [1.165, 1.54) is 24.1 Å². The normalized spacial score (nSPS) is 12.2. The van der Waals surface area contributed by atoms with Crippen molar-refractivity contribution in [3.05, 3.63) is 124 Å². The molecule has 0 saturated heterocycles. The number of methoxy groups -OCH3 is 1. The molecule has 0 fully saturated rings. The first-order valence-electron chi connectivity index (χ1n) is 15.0. The highest BCUT2D eigenvalue weighted by molar-refractivity contribution is 7.92. The molecular weight excluding hydrogens is 657 g/mol. The molecule has 1 atom stereocenters. The highest BCUT2D eigenvalue weighted by atomic mass is 35.5. The van der Waals surface area contributed by atoms with E-state index in [4.69, 9.17) is 27.9 Å². The summed E-state index contributed by atoms with van der Waals surface area (Å²) in [5.41, 5.74) is 1.98. The number of nitrogens with zero attached hydrogens (tertiary/aromatic N) is 2.